The molecule has 154 valence electrons. The van der Waals surface area contributed by atoms with Crippen molar-refractivity contribution in [1.29, 1.82) is 0 Å². The lowest BCUT2D eigenvalue weighted by molar-refractivity contribution is -0.278. The lowest BCUT2D eigenvalue weighted by Gasteiger charge is -2.56. The van der Waals surface area contributed by atoms with Crippen molar-refractivity contribution < 1.29 is 22.7 Å². The summed E-state index contributed by atoms with van der Waals surface area (Å²) in [6.45, 7) is 0.396. The van der Waals surface area contributed by atoms with Gasteiger partial charge < -0.3 is 14.4 Å². The molecule has 0 N–H and O–H groups in total. The molecule has 1 amide bonds. The van der Waals surface area contributed by atoms with Crippen molar-refractivity contribution in [3.8, 4) is 0 Å². The SMILES string of the molecule is COC1(OC)C[C@@H]2C(=O)N(Cc3ccccc3)[C@H]1C[C@@H]2S(=O)(=O)c1ccccc1. The average molecular weight is 416 g/mol. The Hall–Kier alpha value is -2.22. The summed E-state index contributed by atoms with van der Waals surface area (Å²) >= 11 is 0. The Bertz CT molecular complexity index is 973. The maximum absolute atomic E-state index is 13.3. The monoisotopic (exact) mass is 415 g/mol. The van der Waals surface area contributed by atoms with Gasteiger partial charge in [-0.25, -0.2) is 8.42 Å². The van der Waals surface area contributed by atoms with E-state index >= 15 is 0 Å². The standard InChI is InChI=1S/C22H25NO5S/c1-27-22(28-2)14-18-19(29(25,26)17-11-7-4-8-12-17)13-20(22)23(21(18)24)15-16-9-5-3-6-10-16/h3-12,18-20H,13-15H2,1-2H3/t18-,19-,20-/m0/s1. The molecular formula is C22H25NO5S. The summed E-state index contributed by atoms with van der Waals surface area (Å²) < 4.78 is 38.1. The number of fused-ring (bicyclic) bond motifs is 3. The van der Waals surface area contributed by atoms with Gasteiger partial charge in [0.25, 0.3) is 0 Å². The third-order valence-electron chi connectivity index (χ3n) is 6.25. The fourth-order valence-electron chi connectivity index (χ4n) is 4.73. The van der Waals surface area contributed by atoms with E-state index in [2.05, 4.69) is 0 Å². The Morgan fingerprint density at radius 3 is 2.17 bits per heavy atom. The van der Waals surface area contributed by atoms with Gasteiger partial charge in [-0.05, 0) is 24.1 Å². The molecule has 3 atom stereocenters. The average Bonchev–Trinajstić information content (AvgIpc) is 2.77. The van der Waals surface area contributed by atoms with E-state index in [0.29, 0.717) is 6.54 Å². The summed E-state index contributed by atoms with van der Waals surface area (Å²) in [6, 6.07) is 17.5. The molecule has 0 spiro atoms. The summed E-state index contributed by atoms with van der Waals surface area (Å²) in [5, 5.41) is -0.784. The van der Waals surface area contributed by atoms with E-state index in [1.807, 2.05) is 30.3 Å². The molecule has 2 aromatic carbocycles. The third kappa shape index (κ3) is 3.27. The van der Waals surface area contributed by atoms with Crippen molar-refractivity contribution >= 4 is 15.7 Å². The lowest BCUT2D eigenvalue weighted by Crippen LogP contribution is -2.70. The minimum Gasteiger partial charge on any atom is -0.351 e. The molecule has 3 fully saturated rings. The molecule has 2 aromatic rings. The van der Waals surface area contributed by atoms with E-state index in [9.17, 15) is 13.2 Å². The molecule has 2 heterocycles. The molecule has 1 aliphatic carbocycles. The van der Waals surface area contributed by atoms with Crippen LogP contribution in [0.5, 0.6) is 0 Å². The van der Waals surface area contributed by atoms with Crippen LogP contribution in [0.2, 0.25) is 0 Å². The molecule has 29 heavy (non-hydrogen) atoms. The number of sulfone groups is 1. The van der Waals surface area contributed by atoms with Crippen molar-refractivity contribution in [3.05, 3.63) is 66.2 Å². The molecule has 0 aromatic heterocycles. The van der Waals surface area contributed by atoms with Gasteiger partial charge in [0.05, 0.1) is 22.1 Å². The largest absolute Gasteiger partial charge is 0.351 e. The first-order valence-corrected chi connectivity index (χ1v) is 11.2. The normalized spacial score (nSPS) is 25.9. The highest BCUT2D eigenvalue weighted by atomic mass is 32.2. The second-order valence-corrected chi connectivity index (χ2v) is 9.80. The van der Waals surface area contributed by atoms with E-state index < -0.39 is 32.8 Å². The predicted molar refractivity (Wildman–Crippen MR) is 108 cm³/mol. The highest BCUT2D eigenvalue weighted by Gasteiger charge is 2.62. The number of carbonyl (C=O) groups excluding carboxylic acids is 1. The van der Waals surface area contributed by atoms with Crippen LogP contribution in [-0.4, -0.2) is 50.5 Å². The number of nitrogens with zero attached hydrogens (tertiary/aromatic N) is 1. The van der Waals surface area contributed by atoms with Gasteiger partial charge in [-0.2, -0.15) is 0 Å². The van der Waals surface area contributed by atoms with Gasteiger partial charge in [-0.1, -0.05) is 48.5 Å². The number of methoxy groups -OCH3 is 2. The number of benzene rings is 2. The highest BCUT2D eigenvalue weighted by molar-refractivity contribution is 7.92. The number of rotatable bonds is 6. The van der Waals surface area contributed by atoms with Crippen molar-refractivity contribution in [2.24, 2.45) is 5.92 Å². The Labute approximate surface area is 171 Å². The Morgan fingerprint density at radius 2 is 1.59 bits per heavy atom. The maximum atomic E-state index is 13.3. The minimum absolute atomic E-state index is 0.153. The topological polar surface area (TPSA) is 72.9 Å². The van der Waals surface area contributed by atoms with E-state index in [4.69, 9.17) is 9.47 Å². The van der Waals surface area contributed by atoms with Gasteiger partial charge in [0.1, 0.15) is 0 Å². The lowest BCUT2D eigenvalue weighted by atomic mass is 9.74. The first-order valence-electron chi connectivity index (χ1n) is 9.66. The van der Waals surface area contributed by atoms with Crippen LogP contribution in [-0.2, 0) is 30.7 Å². The quantitative estimate of drug-likeness (QED) is 0.678. The summed E-state index contributed by atoms with van der Waals surface area (Å²) in [6.07, 6.45) is 0.508. The summed E-state index contributed by atoms with van der Waals surface area (Å²) in [4.78, 5) is 15.3. The van der Waals surface area contributed by atoms with Crippen LogP contribution in [0.25, 0.3) is 0 Å². The molecule has 5 rings (SSSR count). The van der Waals surface area contributed by atoms with Crippen molar-refractivity contribution in [3.63, 3.8) is 0 Å². The third-order valence-corrected chi connectivity index (χ3v) is 8.50. The van der Waals surface area contributed by atoms with Crippen LogP contribution in [0.3, 0.4) is 0 Å². The zero-order valence-electron chi connectivity index (χ0n) is 16.5. The summed E-state index contributed by atoms with van der Waals surface area (Å²) in [5.74, 6) is -1.87. The van der Waals surface area contributed by atoms with E-state index in [0.717, 1.165) is 5.56 Å². The first-order chi connectivity index (χ1) is 13.9. The van der Waals surface area contributed by atoms with Gasteiger partial charge >= 0.3 is 0 Å². The van der Waals surface area contributed by atoms with E-state index in [1.165, 1.54) is 0 Å². The molecule has 6 nitrogen and oxygen atoms in total. The molecule has 2 bridgehead atoms. The van der Waals surface area contributed by atoms with Crippen LogP contribution < -0.4 is 0 Å². The van der Waals surface area contributed by atoms with Crippen molar-refractivity contribution in [1.82, 2.24) is 4.90 Å². The number of carbonyl (C=O) groups is 1. The van der Waals surface area contributed by atoms with E-state index in [1.54, 1.807) is 49.5 Å². The molecule has 2 saturated heterocycles. The number of amides is 1. The number of ether oxygens (including phenoxy) is 2. The van der Waals surface area contributed by atoms with Gasteiger partial charge in [0.15, 0.2) is 15.6 Å². The second kappa shape index (κ2) is 7.55. The molecule has 2 aliphatic heterocycles. The number of piperidine rings is 2. The molecule has 0 radical (unpaired) electrons. The van der Waals surface area contributed by atoms with Gasteiger partial charge in [0.2, 0.25) is 5.91 Å². The number of hydrogen-bond acceptors (Lipinski definition) is 5. The van der Waals surface area contributed by atoms with Gasteiger partial charge in [-0.3, -0.25) is 4.79 Å². The fraction of sp³-hybridized carbons (Fsp3) is 0.409. The predicted octanol–water partition coefficient (Wildman–Crippen LogP) is 2.64. The minimum atomic E-state index is -3.65. The Balaban J connectivity index is 1.72. The van der Waals surface area contributed by atoms with Gasteiger partial charge in [0, 0.05) is 27.2 Å². The Kier molecular flexibility index (Phi) is 5.23. The van der Waals surface area contributed by atoms with Crippen LogP contribution in [0.15, 0.2) is 65.6 Å². The smallest absolute Gasteiger partial charge is 0.227 e. The maximum Gasteiger partial charge on any atom is 0.227 e. The van der Waals surface area contributed by atoms with Crippen molar-refractivity contribution in [2.75, 3.05) is 14.2 Å². The second-order valence-electron chi connectivity index (χ2n) is 7.63. The van der Waals surface area contributed by atoms with E-state index in [-0.39, 0.29) is 23.6 Å². The molecule has 1 saturated carbocycles. The first kappa shape index (κ1) is 20.1. The van der Waals surface area contributed by atoms with Crippen molar-refractivity contribution in [2.45, 2.75) is 41.4 Å². The van der Waals surface area contributed by atoms with Crippen LogP contribution in [0.4, 0.5) is 0 Å². The highest BCUT2D eigenvalue weighted by Crippen LogP contribution is 2.48. The fourth-order valence-corrected chi connectivity index (χ4v) is 6.70. The Morgan fingerprint density at radius 1 is 1.00 bits per heavy atom. The van der Waals surface area contributed by atoms with Crippen LogP contribution in [0, 0.1) is 5.92 Å². The summed E-state index contributed by atoms with van der Waals surface area (Å²) in [7, 11) is -0.544. The molecule has 7 heteroatoms. The zero-order chi connectivity index (χ0) is 20.6. The number of hydrogen-bond donors (Lipinski definition) is 0. The van der Waals surface area contributed by atoms with Gasteiger partial charge in [-0.15, -0.1) is 0 Å². The molecular weight excluding hydrogens is 390 g/mol. The summed E-state index contributed by atoms with van der Waals surface area (Å²) in [5.41, 5.74) is 0.983. The van der Waals surface area contributed by atoms with Crippen LogP contribution >= 0.6 is 0 Å². The molecule has 0 unspecified atom stereocenters. The molecule has 3 aliphatic rings. The van der Waals surface area contributed by atoms with Crippen LogP contribution in [0.1, 0.15) is 18.4 Å². The zero-order valence-corrected chi connectivity index (χ0v) is 17.3.